The van der Waals surface area contributed by atoms with Crippen LogP contribution in [0.4, 0.5) is 0 Å². The van der Waals surface area contributed by atoms with Crippen molar-refractivity contribution < 1.29 is 4.52 Å². The van der Waals surface area contributed by atoms with Crippen LogP contribution in [0.3, 0.4) is 0 Å². The van der Waals surface area contributed by atoms with Crippen molar-refractivity contribution in [3.63, 3.8) is 0 Å². The lowest BCUT2D eigenvalue weighted by Crippen LogP contribution is -1.95. The van der Waals surface area contributed by atoms with Crippen molar-refractivity contribution in [2.24, 2.45) is 0 Å². The SMILES string of the molecule is N#Cc1ccc2c(=O)[nH]oc2c1. The largest absolute Gasteiger partial charge is 0.378 e. The number of benzene rings is 1. The number of H-pyrrole nitrogens is 1. The maximum Gasteiger partial charge on any atom is 0.287 e. The fourth-order valence-electron chi connectivity index (χ4n) is 1.02. The first-order valence-corrected chi connectivity index (χ1v) is 3.32. The molecule has 0 atom stereocenters. The Morgan fingerprint density at radius 1 is 1.50 bits per heavy atom. The summed E-state index contributed by atoms with van der Waals surface area (Å²) in [6.45, 7) is 0. The molecule has 0 aliphatic heterocycles. The molecule has 0 saturated carbocycles. The zero-order valence-corrected chi connectivity index (χ0v) is 6.00. The number of nitrogens with zero attached hydrogens (tertiary/aromatic N) is 1. The van der Waals surface area contributed by atoms with E-state index in [0.29, 0.717) is 16.5 Å². The fourth-order valence-corrected chi connectivity index (χ4v) is 1.02. The lowest BCUT2D eigenvalue weighted by Gasteiger charge is -1.84. The van der Waals surface area contributed by atoms with Crippen molar-refractivity contribution in [2.45, 2.75) is 0 Å². The summed E-state index contributed by atoms with van der Waals surface area (Å²) in [4.78, 5) is 10.9. The molecule has 0 radical (unpaired) electrons. The highest BCUT2D eigenvalue weighted by Gasteiger charge is 2.02. The topological polar surface area (TPSA) is 69.8 Å². The van der Waals surface area contributed by atoms with Gasteiger partial charge in [-0.05, 0) is 12.1 Å². The monoisotopic (exact) mass is 160 g/mol. The first-order chi connectivity index (χ1) is 5.81. The minimum atomic E-state index is -0.269. The van der Waals surface area contributed by atoms with E-state index in [0.717, 1.165) is 0 Å². The Hall–Kier alpha value is -2.02. The molecule has 0 bridgehead atoms. The van der Waals surface area contributed by atoms with E-state index in [2.05, 4.69) is 5.16 Å². The van der Waals surface area contributed by atoms with Gasteiger partial charge < -0.3 is 4.52 Å². The van der Waals surface area contributed by atoms with Gasteiger partial charge in [-0.1, -0.05) is 0 Å². The molecule has 0 spiro atoms. The molecule has 0 saturated heterocycles. The molecule has 0 unspecified atom stereocenters. The van der Waals surface area contributed by atoms with Gasteiger partial charge in [0.2, 0.25) is 0 Å². The van der Waals surface area contributed by atoms with Crippen LogP contribution in [0.1, 0.15) is 5.56 Å². The molecule has 1 N–H and O–H groups in total. The molecule has 0 amide bonds. The molecular formula is C8H4N2O2. The summed E-state index contributed by atoms with van der Waals surface area (Å²) in [7, 11) is 0. The van der Waals surface area contributed by atoms with Crippen molar-refractivity contribution in [1.82, 2.24) is 5.16 Å². The number of hydrogen-bond acceptors (Lipinski definition) is 3. The summed E-state index contributed by atoms with van der Waals surface area (Å²) in [5.41, 5.74) is 0.624. The summed E-state index contributed by atoms with van der Waals surface area (Å²) >= 11 is 0. The molecule has 2 rings (SSSR count). The van der Waals surface area contributed by atoms with E-state index in [-0.39, 0.29) is 5.56 Å². The molecule has 0 fully saturated rings. The fraction of sp³-hybridized carbons (Fsp3) is 0. The van der Waals surface area contributed by atoms with E-state index in [1.54, 1.807) is 12.1 Å². The van der Waals surface area contributed by atoms with Crippen LogP contribution in [0, 0.1) is 11.3 Å². The number of aromatic nitrogens is 1. The van der Waals surface area contributed by atoms with Gasteiger partial charge in [-0.2, -0.15) is 10.4 Å². The van der Waals surface area contributed by atoms with Crippen molar-refractivity contribution in [2.75, 3.05) is 0 Å². The molecule has 1 aromatic heterocycles. The van der Waals surface area contributed by atoms with Crippen LogP contribution in [-0.2, 0) is 0 Å². The molecule has 1 aromatic carbocycles. The number of rotatable bonds is 0. The Bertz CT molecular complexity index is 516. The molecule has 2 aromatic rings. The van der Waals surface area contributed by atoms with Gasteiger partial charge in [0.05, 0.1) is 17.0 Å². The van der Waals surface area contributed by atoms with Crippen molar-refractivity contribution >= 4 is 11.0 Å². The predicted octanol–water partition coefficient (Wildman–Crippen LogP) is 0.993. The first kappa shape index (κ1) is 6.68. The van der Waals surface area contributed by atoms with Crippen LogP contribution in [0.5, 0.6) is 0 Å². The molecule has 0 aliphatic rings. The predicted molar refractivity (Wildman–Crippen MR) is 41.5 cm³/mol. The Morgan fingerprint density at radius 3 is 3.08 bits per heavy atom. The van der Waals surface area contributed by atoms with Gasteiger partial charge >= 0.3 is 0 Å². The summed E-state index contributed by atoms with van der Waals surface area (Å²) in [6.07, 6.45) is 0. The lowest BCUT2D eigenvalue weighted by molar-refractivity contribution is 0.449. The summed E-state index contributed by atoms with van der Waals surface area (Å²) in [5, 5.41) is 11.2. The molecule has 0 aliphatic carbocycles. The molecular weight excluding hydrogens is 156 g/mol. The van der Waals surface area contributed by atoms with Crippen LogP contribution >= 0.6 is 0 Å². The van der Waals surface area contributed by atoms with Crippen LogP contribution < -0.4 is 5.56 Å². The first-order valence-electron chi connectivity index (χ1n) is 3.32. The third kappa shape index (κ3) is 0.805. The van der Waals surface area contributed by atoms with Crippen molar-refractivity contribution in [3.8, 4) is 6.07 Å². The Labute approximate surface area is 67.0 Å². The van der Waals surface area contributed by atoms with E-state index < -0.39 is 0 Å². The highest BCUT2D eigenvalue weighted by molar-refractivity contribution is 5.77. The van der Waals surface area contributed by atoms with Crippen LogP contribution in [0.25, 0.3) is 11.0 Å². The lowest BCUT2D eigenvalue weighted by atomic mass is 10.2. The molecule has 12 heavy (non-hydrogen) atoms. The number of nitrogens with one attached hydrogen (secondary N) is 1. The van der Waals surface area contributed by atoms with Crippen molar-refractivity contribution in [3.05, 3.63) is 34.1 Å². The third-order valence-corrected chi connectivity index (χ3v) is 1.61. The maximum atomic E-state index is 10.9. The van der Waals surface area contributed by atoms with E-state index >= 15 is 0 Å². The van der Waals surface area contributed by atoms with E-state index in [4.69, 9.17) is 9.78 Å². The third-order valence-electron chi connectivity index (χ3n) is 1.61. The van der Waals surface area contributed by atoms with Gasteiger partial charge in [-0.25, -0.2) is 0 Å². The maximum absolute atomic E-state index is 10.9. The zero-order valence-electron chi connectivity index (χ0n) is 6.00. The van der Waals surface area contributed by atoms with Crippen LogP contribution in [0.15, 0.2) is 27.5 Å². The summed E-state index contributed by atoms with van der Waals surface area (Å²) in [6, 6.07) is 6.62. The van der Waals surface area contributed by atoms with E-state index in [1.165, 1.54) is 6.07 Å². The second-order valence-electron chi connectivity index (χ2n) is 2.36. The molecule has 4 heteroatoms. The molecule has 1 heterocycles. The normalized spacial score (nSPS) is 9.92. The Kier molecular flexibility index (Phi) is 1.25. The summed E-state index contributed by atoms with van der Waals surface area (Å²) in [5.74, 6) is 0. The number of nitriles is 1. The minimum absolute atomic E-state index is 0.269. The average molecular weight is 160 g/mol. The number of fused-ring (bicyclic) bond motifs is 1. The molecule has 58 valence electrons. The number of hydrogen-bond donors (Lipinski definition) is 1. The van der Waals surface area contributed by atoms with Gasteiger partial charge in [-0.3, -0.25) is 4.79 Å². The second-order valence-corrected chi connectivity index (χ2v) is 2.36. The smallest absolute Gasteiger partial charge is 0.287 e. The van der Waals surface area contributed by atoms with Crippen LogP contribution in [-0.4, -0.2) is 5.16 Å². The van der Waals surface area contributed by atoms with Gasteiger partial charge in [0.15, 0.2) is 5.58 Å². The van der Waals surface area contributed by atoms with Gasteiger partial charge in [-0.15, -0.1) is 0 Å². The standard InChI is InChI=1S/C8H4N2O2/c9-4-5-1-2-6-7(3-5)12-10-8(6)11/h1-3H,(H,10,11). The Balaban J connectivity index is 2.89. The highest BCUT2D eigenvalue weighted by Crippen LogP contribution is 2.10. The highest BCUT2D eigenvalue weighted by atomic mass is 16.5. The van der Waals surface area contributed by atoms with E-state index in [9.17, 15) is 4.79 Å². The Morgan fingerprint density at radius 2 is 2.33 bits per heavy atom. The zero-order chi connectivity index (χ0) is 8.55. The van der Waals surface area contributed by atoms with Crippen molar-refractivity contribution in [1.29, 1.82) is 5.26 Å². The van der Waals surface area contributed by atoms with Crippen LogP contribution in [0.2, 0.25) is 0 Å². The second kappa shape index (κ2) is 2.24. The van der Waals surface area contributed by atoms with Gasteiger partial charge in [0.25, 0.3) is 5.56 Å². The molecule has 4 nitrogen and oxygen atoms in total. The van der Waals surface area contributed by atoms with Gasteiger partial charge in [0.1, 0.15) is 0 Å². The average Bonchev–Trinajstić information content (AvgIpc) is 2.47. The van der Waals surface area contributed by atoms with Gasteiger partial charge in [0, 0.05) is 6.07 Å². The summed E-state index contributed by atoms with van der Waals surface area (Å²) < 4.78 is 4.80. The minimum Gasteiger partial charge on any atom is -0.378 e. The van der Waals surface area contributed by atoms with E-state index in [1.807, 2.05) is 6.07 Å². The number of aromatic amines is 1. The quantitative estimate of drug-likeness (QED) is 0.624.